The minimum absolute atomic E-state index is 0.0702. The Bertz CT molecular complexity index is 607. The van der Waals surface area contributed by atoms with Crippen molar-refractivity contribution in [3.63, 3.8) is 0 Å². The number of fused-ring (bicyclic) bond motifs is 5. The Balaban J connectivity index is 1.71. The second kappa shape index (κ2) is 5.76. The summed E-state index contributed by atoms with van der Waals surface area (Å²) in [7, 11) is 0. The molecule has 0 radical (unpaired) electrons. The van der Waals surface area contributed by atoms with E-state index in [0.29, 0.717) is 25.7 Å². The van der Waals surface area contributed by atoms with E-state index >= 15 is 0 Å². The highest BCUT2D eigenvalue weighted by Crippen LogP contribution is 2.68. The van der Waals surface area contributed by atoms with Crippen molar-refractivity contribution >= 4 is 5.78 Å². The van der Waals surface area contributed by atoms with Crippen LogP contribution in [0.5, 0.6) is 0 Å². The number of carbonyl (C=O) groups excluding carboxylic acids is 1. The third-order valence-electron chi connectivity index (χ3n) is 9.30. The van der Waals surface area contributed by atoms with Crippen molar-refractivity contribution in [3.05, 3.63) is 0 Å². The van der Waals surface area contributed by atoms with Crippen LogP contribution in [0.2, 0.25) is 0 Å². The molecular weight excluding hydrogens is 332 g/mol. The molecule has 5 heteroatoms. The van der Waals surface area contributed by atoms with Gasteiger partial charge in [0.15, 0.2) is 0 Å². The molecule has 26 heavy (non-hydrogen) atoms. The second-order valence-corrected chi connectivity index (χ2v) is 10.3. The predicted octanol–water partition coefficient (Wildman–Crippen LogP) is 1.65. The minimum atomic E-state index is -1.24. The van der Waals surface area contributed by atoms with E-state index in [9.17, 15) is 25.2 Å². The van der Waals surface area contributed by atoms with Gasteiger partial charge in [0.25, 0.3) is 0 Å². The molecule has 0 aromatic rings. The van der Waals surface area contributed by atoms with E-state index in [0.717, 1.165) is 12.8 Å². The van der Waals surface area contributed by atoms with Crippen LogP contribution in [0.3, 0.4) is 0 Å². The first kappa shape index (κ1) is 18.9. The zero-order chi connectivity index (χ0) is 19.1. The number of aliphatic hydroxyl groups is 4. The van der Waals surface area contributed by atoms with Gasteiger partial charge >= 0.3 is 0 Å². The number of aliphatic hydroxyl groups excluding tert-OH is 3. The van der Waals surface area contributed by atoms with Gasteiger partial charge in [-0.2, -0.15) is 0 Å². The van der Waals surface area contributed by atoms with E-state index in [1.54, 1.807) is 6.92 Å². The number of hydrogen-bond acceptors (Lipinski definition) is 5. The van der Waals surface area contributed by atoms with Crippen LogP contribution >= 0.6 is 0 Å². The first-order chi connectivity index (χ1) is 12.0. The number of rotatable bonds is 1. The topological polar surface area (TPSA) is 98.0 Å². The molecular formula is C21H34O5. The van der Waals surface area contributed by atoms with Crippen LogP contribution < -0.4 is 0 Å². The SMILES string of the molecule is CC(=O)[C@H]1[C@H](O)C[C@H]2[C@@H]3C[C@@H](O)[C@@]4(O)C[C@@H](O)CC[C@]4(C)[C@H]3CC[C@@]21C. The quantitative estimate of drug-likeness (QED) is 0.566. The number of hydrogen-bond donors (Lipinski definition) is 4. The maximum Gasteiger partial charge on any atom is 0.136 e. The molecule has 10 atom stereocenters. The largest absolute Gasteiger partial charge is 0.393 e. The van der Waals surface area contributed by atoms with Crippen LogP contribution in [0.25, 0.3) is 0 Å². The number of Topliss-reactive ketones (excluding diaryl/α,β-unsaturated/α-hetero) is 1. The number of ketones is 1. The normalized spacial score (nSPS) is 59.3. The van der Waals surface area contributed by atoms with Gasteiger partial charge in [-0.3, -0.25) is 4.79 Å². The summed E-state index contributed by atoms with van der Waals surface area (Å²) in [5.74, 6) is 0.434. The molecule has 4 aliphatic carbocycles. The molecule has 0 heterocycles. The van der Waals surface area contributed by atoms with Crippen molar-refractivity contribution in [2.24, 2.45) is 34.5 Å². The van der Waals surface area contributed by atoms with Crippen molar-refractivity contribution in [2.45, 2.75) is 89.6 Å². The third-order valence-corrected chi connectivity index (χ3v) is 9.30. The minimum Gasteiger partial charge on any atom is -0.393 e. The van der Waals surface area contributed by atoms with Gasteiger partial charge in [-0.05, 0) is 68.6 Å². The Hall–Kier alpha value is -0.490. The molecule has 4 aliphatic rings. The predicted molar refractivity (Wildman–Crippen MR) is 96.1 cm³/mol. The van der Waals surface area contributed by atoms with E-state index in [4.69, 9.17) is 0 Å². The molecule has 4 saturated carbocycles. The summed E-state index contributed by atoms with van der Waals surface area (Å²) in [6.45, 7) is 5.83. The zero-order valence-corrected chi connectivity index (χ0v) is 16.2. The molecule has 0 spiro atoms. The average molecular weight is 366 g/mol. The molecule has 4 rings (SSSR count). The summed E-state index contributed by atoms with van der Waals surface area (Å²) in [6.07, 6.45) is 2.52. The molecule has 148 valence electrons. The molecule has 0 aromatic carbocycles. The smallest absolute Gasteiger partial charge is 0.136 e. The Morgan fingerprint density at radius 2 is 1.69 bits per heavy atom. The highest BCUT2D eigenvalue weighted by molar-refractivity contribution is 5.80. The number of carbonyl (C=O) groups is 1. The molecule has 4 fully saturated rings. The van der Waals surface area contributed by atoms with E-state index < -0.39 is 29.3 Å². The van der Waals surface area contributed by atoms with Crippen molar-refractivity contribution < 1.29 is 25.2 Å². The first-order valence-electron chi connectivity index (χ1n) is 10.3. The van der Waals surface area contributed by atoms with Gasteiger partial charge in [0.1, 0.15) is 5.78 Å². The van der Waals surface area contributed by atoms with Crippen LogP contribution in [0, 0.1) is 34.5 Å². The van der Waals surface area contributed by atoms with Gasteiger partial charge in [0.05, 0.1) is 23.9 Å². The van der Waals surface area contributed by atoms with Crippen molar-refractivity contribution in [1.82, 2.24) is 0 Å². The van der Waals surface area contributed by atoms with Gasteiger partial charge in [-0.25, -0.2) is 0 Å². The molecule has 0 unspecified atom stereocenters. The van der Waals surface area contributed by atoms with E-state index in [1.165, 1.54) is 0 Å². The summed E-state index contributed by atoms with van der Waals surface area (Å²) < 4.78 is 0. The van der Waals surface area contributed by atoms with Crippen molar-refractivity contribution in [2.75, 3.05) is 0 Å². The summed E-state index contributed by atoms with van der Waals surface area (Å²) in [6, 6.07) is 0. The lowest BCUT2D eigenvalue weighted by atomic mass is 9.42. The monoisotopic (exact) mass is 366 g/mol. The lowest BCUT2D eigenvalue weighted by Crippen LogP contribution is -2.68. The molecule has 0 aromatic heterocycles. The van der Waals surface area contributed by atoms with Crippen LogP contribution in [-0.2, 0) is 4.79 Å². The average Bonchev–Trinajstić information content (AvgIpc) is 2.81. The first-order valence-corrected chi connectivity index (χ1v) is 10.3. The van der Waals surface area contributed by atoms with E-state index in [1.807, 2.05) is 0 Å². The van der Waals surface area contributed by atoms with Crippen molar-refractivity contribution in [3.8, 4) is 0 Å². The Morgan fingerprint density at radius 3 is 2.35 bits per heavy atom. The van der Waals surface area contributed by atoms with Gasteiger partial charge < -0.3 is 20.4 Å². The van der Waals surface area contributed by atoms with Crippen LogP contribution in [-0.4, -0.2) is 50.1 Å². The van der Waals surface area contributed by atoms with Gasteiger partial charge in [-0.15, -0.1) is 0 Å². The zero-order valence-electron chi connectivity index (χ0n) is 16.2. The maximum absolute atomic E-state index is 12.2. The molecule has 0 bridgehead atoms. The van der Waals surface area contributed by atoms with Gasteiger partial charge in [-0.1, -0.05) is 13.8 Å². The lowest BCUT2D eigenvalue weighted by molar-refractivity contribution is -0.264. The standard InChI is InChI=1S/C21H34O5/c1-11(22)18-16(24)9-15-13-8-17(25)21(26)10-12(23)4-7-20(21,3)14(13)5-6-19(15,18)2/h12-18,23-26H,4-10H2,1-3H3/t12-,13+,14-,15-,16+,17+,18-,19-,20+,21-/m0/s1. The summed E-state index contributed by atoms with van der Waals surface area (Å²) in [5, 5.41) is 43.1. The van der Waals surface area contributed by atoms with Crippen LogP contribution in [0.15, 0.2) is 0 Å². The van der Waals surface area contributed by atoms with Gasteiger partial charge in [0.2, 0.25) is 0 Å². The lowest BCUT2D eigenvalue weighted by Gasteiger charge is -2.65. The molecule has 0 amide bonds. The third kappa shape index (κ3) is 2.20. The van der Waals surface area contributed by atoms with Gasteiger partial charge in [0, 0.05) is 17.8 Å². The molecule has 4 N–H and O–H groups in total. The highest BCUT2D eigenvalue weighted by Gasteiger charge is 2.68. The summed E-state index contributed by atoms with van der Waals surface area (Å²) >= 11 is 0. The van der Waals surface area contributed by atoms with E-state index in [2.05, 4.69) is 13.8 Å². The Kier molecular flexibility index (Phi) is 4.17. The Morgan fingerprint density at radius 1 is 1.00 bits per heavy atom. The molecule has 5 nitrogen and oxygen atoms in total. The molecule has 0 aliphatic heterocycles. The maximum atomic E-state index is 12.2. The highest BCUT2D eigenvalue weighted by atomic mass is 16.3. The summed E-state index contributed by atoms with van der Waals surface area (Å²) in [4.78, 5) is 12.2. The van der Waals surface area contributed by atoms with E-state index in [-0.39, 0.29) is 41.3 Å². The fraction of sp³-hybridized carbons (Fsp3) is 0.952. The fourth-order valence-corrected chi connectivity index (χ4v) is 8.01. The molecule has 0 saturated heterocycles. The van der Waals surface area contributed by atoms with Crippen LogP contribution in [0.1, 0.15) is 65.7 Å². The summed E-state index contributed by atoms with van der Waals surface area (Å²) in [5.41, 5.74) is -1.88. The van der Waals surface area contributed by atoms with Crippen LogP contribution in [0.4, 0.5) is 0 Å². The van der Waals surface area contributed by atoms with Crippen molar-refractivity contribution in [1.29, 1.82) is 0 Å². The Labute approximate surface area is 155 Å². The fourth-order valence-electron chi connectivity index (χ4n) is 8.01. The second-order valence-electron chi connectivity index (χ2n) is 10.3.